The van der Waals surface area contributed by atoms with Crippen molar-refractivity contribution >= 4 is 28.5 Å². The second kappa shape index (κ2) is 9.42. The highest BCUT2D eigenvalue weighted by molar-refractivity contribution is 6.30. The Hall–Kier alpha value is -3.35. The SMILES string of the molecule is COc1ccc2c(CNCc3cccc(Cl)c3)c(C(=O)O)n(Cc3ccccc3F)c2c1. The zero-order valence-corrected chi connectivity index (χ0v) is 18.2. The fraction of sp³-hybridized carbons (Fsp3) is 0.160. The van der Waals surface area contributed by atoms with Crippen LogP contribution in [0.5, 0.6) is 5.75 Å². The van der Waals surface area contributed by atoms with E-state index in [9.17, 15) is 14.3 Å². The van der Waals surface area contributed by atoms with Gasteiger partial charge in [-0.2, -0.15) is 0 Å². The van der Waals surface area contributed by atoms with Gasteiger partial charge in [-0.3, -0.25) is 0 Å². The number of aromatic carboxylic acids is 1. The second-order valence-corrected chi connectivity index (χ2v) is 7.86. The summed E-state index contributed by atoms with van der Waals surface area (Å²) >= 11 is 6.06. The number of hydrogen-bond donors (Lipinski definition) is 2. The van der Waals surface area contributed by atoms with Gasteiger partial charge in [0.2, 0.25) is 0 Å². The Balaban J connectivity index is 1.76. The van der Waals surface area contributed by atoms with E-state index in [2.05, 4.69) is 5.32 Å². The Morgan fingerprint density at radius 1 is 1.09 bits per heavy atom. The molecule has 0 radical (unpaired) electrons. The minimum atomic E-state index is -1.07. The average Bonchev–Trinajstić information content (AvgIpc) is 3.08. The first-order chi connectivity index (χ1) is 15.5. The van der Waals surface area contributed by atoms with Gasteiger partial charge in [0, 0.05) is 40.7 Å². The van der Waals surface area contributed by atoms with Crippen molar-refractivity contribution in [3.8, 4) is 5.75 Å². The van der Waals surface area contributed by atoms with Crippen LogP contribution in [0, 0.1) is 5.82 Å². The first-order valence-corrected chi connectivity index (χ1v) is 10.5. The van der Waals surface area contributed by atoms with Gasteiger partial charge in [0.1, 0.15) is 17.3 Å². The minimum Gasteiger partial charge on any atom is -0.497 e. The first kappa shape index (κ1) is 21.9. The summed E-state index contributed by atoms with van der Waals surface area (Å²) in [5.41, 5.74) is 2.83. The molecule has 0 fully saturated rings. The van der Waals surface area contributed by atoms with E-state index in [-0.39, 0.29) is 18.1 Å². The van der Waals surface area contributed by atoms with Crippen LogP contribution in [-0.2, 0) is 19.6 Å². The van der Waals surface area contributed by atoms with Crippen molar-refractivity contribution in [2.75, 3.05) is 7.11 Å². The third kappa shape index (κ3) is 4.47. The van der Waals surface area contributed by atoms with E-state index in [1.807, 2.05) is 24.3 Å². The van der Waals surface area contributed by atoms with Crippen molar-refractivity contribution in [3.63, 3.8) is 0 Å². The van der Waals surface area contributed by atoms with Gasteiger partial charge in [-0.05, 0) is 35.9 Å². The van der Waals surface area contributed by atoms with Crippen LogP contribution in [0.3, 0.4) is 0 Å². The largest absolute Gasteiger partial charge is 0.497 e. The second-order valence-electron chi connectivity index (χ2n) is 7.43. The van der Waals surface area contributed by atoms with Crippen molar-refractivity contribution in [3.05, 3.63) is 100.0 Å². The monoisotopic (exact) mass is 452 g/mol. The molecule has 164 valence electrons. The molecule has 0 atom stereocenters. The third-order valence-electron chi connectivity index (χ3n) is 5.39. The summed E-state index contributed by atoms with van der Waals surface area (Å²) in [6.07, 6.45) is 0. The number of ether oxygens (including phenoxy) is 1. The van der Waals surface area contributed by atoms with Crippen molar-refractivity contribution < 1.29 is 19.0 Å². The smallest absolute Gasteiger partial charge is 0.352 e. The molecule has 4 aromatic rings. The lowest BCUT2D eigenvalue weighted by atomic mass is 10.1. The highest BCUT2D eigenvalue weighted by atomic mass is 35.5. The summed E-state index contributed by atoms with van der Waals surface area (Å²) in [6, 6.07) is 19.3. The van der Waals surface area contributed by atoms with Crippen LogP contribution >= 0.6 is 11.6 Å². The number of hydrogen-bond acceptors (Lipinski definition) is 3. The number of rotatable bonds is 8. The molecule has 0 saturated carbocycles. The summed E-state index contributed by atoms with van der Waals surface area (Å²) in [6.45, 7) is 0.934. The molecule has 7 heteroatoms. The number of fused-ring (bicyclic) bond motifs is 1. The standard InChI is InChI=1S/C25H22ClFN2O3/c1-32-19-9-10-20-21(14-28-13-16-5-4-7-18(26)11-16)24(25(30)31)29(23(20)12-19)15-17-6-2-3-8-22(17)27/h2-12,28H,13-15H2,1H3,(H,30,31). The van der Waals surface area contributed by atoms with E-state index in [0.29, 0.717) is 40.5 Å². The minimum absolute atomic E-state index is 0.0896. The molecule has 1 aromatic heterocycles. The average molecular weight is 453 g/mol. The predicted molar refractivity (Wildman–Crippen MR) is 123 cm³/mol. The van der Waals surface area contributed by atoms with Gasteiger partial charge in [-0.15, -0.1) is 0 Å². The molecule has 0 bridgehead atoms. The maximum atomic E-state index is 14.4. The van der Waals surface area contributed by atoms with Gasteiger partial charge in [0.25, 0.3) is 0 Å². The van der Waals surface area contributed by atoms with Gasteiger partial charge in [0.05, 0.1) is 19.2 Å². The molecular weight excluding hydrogens is 431 g/mol. The fourth-order valence-electron chi connectivity index (χ4n) is 3.89. The number of carboxylic acids is 1. The molecule has 0 aliphatic heterocycles. The maximum Gasteiger partial charge on any atom is 0.352 e. The van der Waals surface area contributed by atoms with Crippen molar-refractivity contribution in [1.29, 1.82) is 0 Å². The lowest BCUT2D eigenvalue weighted by Gasteiger charge is -2.11. The zero-order chi connectivity index (χ0) is 22.7. The molecule has 2 N–H and O–H groups in total. The van der Waals surface area contributed by atoms with Crippen molar-refractivity contribution in [1.82, 2.24) is 9.88 Å². The first-order valence-electron chi connectivity index (χ1n) is 10.1. The molecule has 0 aliphatic rings. The molecular formula is C25H22ClFN2O3. The molecule has 0 aliphatic carbocycles. The topological polar surface area (TPSA) is 63.5 Å². The Morgan fingerprint density at radius 3 is 2.62 bits per heavy atom. The molecule has 4 rings (SSSR count). The number of carboxylic acid groups (broad SMARTS) is 1. The van der Waals surface area contributed by atoms with Crippen LogP contribution < -0.4 is 10.1 Å². The van der Waals surface area contributed by atoms with Gasteiger partial charge in [0.15, 0.2) is 0 Å². The van der Waals surface area contributed by atoms with Gasteiger partial charge >= 0.3 is 5.97 Å². The van der Waals surface area contributed by atoms with Crippen LogP contribution in [0.4, 0.5) is 4.39 Å². The normalized spacial score (nSPS) is 11.1. The van der Waals surface area contributed by atoms with E-state index in [4.69, 9.17) is 16.3 Å². The van der Waals surface area contributed by atoms with Crippen molar-refractivity contribution in [2.24, 2.45) is 0 Å². The molecule has 3 aromatic carbocycles. The lowest BCUT2D eigenvalue weighted by Crippen LogP contribution is -2.17. The van der Waals surface area contributed by atoms with E-state index in [0.717, 1.165) is 10.9 Å². The Bertz CT molecular complexity index is 1290. The van der Waals surface area contributed by atoms with Gasteiger partial charge in [-0.1, -0.05) is 41.9 Å². The van der Waals surface area contributed by atoms with E-state index in [1.165, 1.54) is 6.07 Å². The van der Waals surface area contributed by atoms with Crippen LogP contribution in [0.2, 0.25) is 5.02 Å². The number of halogens is 2. The summed E-state index contributed by atoms with van der Waals surface area (Å²) in [5.74, 6) is -0.856. The van der Waals surface area contributed by atoms with Crippen LogP contribution in [-0.4, -0.2) is 22.8 Å². The summed E-state index contributed by atoms with van der Waals surface area (Å²) in [5, 5.41) is 14.8. The summed E-state index contributed by atoms with van der Waals surface area (Å²) < 4.78 is 21.4. The van der Waals surface area contributed by atoms with Gasteiger partial charge < -0.3 is 19.7 Å². The van der Waals surface area contributed by atoms with Crippen LogP contribution in [0.15, 0.2) is 66.7 Å². The molecule has 0 unspecified atom stereocenters. The fourth-order valence-corrected chi connectivity index (χ4v) is 4.10. The summed E-state index contributed by atoms with van der Waals surface area (Å²) in [7, 11) is 1.55. The highest BCUT2D eigenvalue weighted by Gasteiger charge is 2.23. The molecule has 5 nitrogen and oxygen atoms in total. The Morgan fingerprint density at radius 2 is 1.91 bits per heavy atom. The third-order valence-corrected chi connectivity index (χ3v) is 5.62. The maximum absolute atomic E-state index is 14.4. The molecule has 0 saturated heterocycles. The van der Waals surface area contributed by atoms with Gasteiger partial charge in [-0.25, -0.2) is 9.18 Å². The summed E-state index contributed by atoms with van der Waals surface area (Å²) in [4.78, 5) is 12.3. The van der Waals surface area contributed by atoms with Crippen LogP contribution in [0.1, 0.15) is 27.2 Å². The quantitative estimate of drug-likeness (QED) is 0.371. The Kier molecular flexibility index (Phi) is 6.44. The predicted octanol–water partition coefficient (Wildman–Crippen LogP) is 5.48. The lowest BCUT2D eigenvalue weighted by molar-refractivity contribution is 0.0684. The number of benzene rings is 3. The Labute approximate surface area is 190 Å². The highest BCUT2D eigenvalue weighted by Crippen LogP contribution is 2.31. The van der Waals surface area contributed by atoms with E-state index >= 15 is 0 Å². The number of nitrogens with zero attached hydrogens (tertiary/aromatic N) is 1. The van der Waals surface area contributed by atoms with E-state index in [1.54, 1.807) is 48.1 Å². The molecule has 32 heavy (non-hydrogen) atoms. The zero-order valence-electron chi connectivity index (χ0n) is 17.4. The molecule has 1 heterocycles. The van der Waals surface area contributed by atoms with Crippen LogP contribution in [0.25, 0.3) is 10.9 Å². The molecule has 0 spiro atoms. The number of methoxy groups -OCH3 is 1. The number of carbonyl (C=O) groups is 1. The molecule has 0 amide bonds. The van der Waals surface area contributed by atoms with E-state index < -0.39 is 5.97 Å². The number of aromatic nitrogens is 1. The van der Waals surface area contributed by atoms with Crippen molar-refractivity contribution in [2.45, 2.75) is 19.6 Å². The number of nitrogens with one attached hydrogen (secondary N) is 1.